The molecule has 0 saturated heterocycles. The van der Waals surface area contributed by atoms with Gasteiger partial charge in [-0.3, -0.25) is 0 Å². The molecule has 0 fully saturated rings. The number of benzene rings is 1. The van der Waals surface area contributed by atoms with E-state index in [1.807, 2.05) is 12.1 Å². The van der Waals surface area contributed by atoms with Crippen molar-refractivity contribution in [2.75, 3.05) is 25.4 Å². The van der Waals surface area contributed by atoms with E-state index in [1.54, 1.807) is 17.8 Å². The van der Waals surface area contributed by atoms with Crippen molar-refractivity contribution in [1.82, 2.24) is 10.6 Å². The number of rotatable bonds is 7. The second-order valence-corrected chi connectivity index (χ2v) is 5.64. The van der Waals surface area contributed by atoms with Crippen molar-refractivity contribution >= 4 is 41.0 Å². The van der Waals surface area contributed by atoms with Crippen LogP contribution in [-0.4, -0.2) is 36.6 Å². The van der Waals surface area contributed by atoms with Crippen LogP contribution in [0.1, 0.15) is 5.56 Å². The summed E-state index contributed by atoms with van der Waals surface area (Å²) < 4.78 is 0. The van der Waals surface area contributed by atoms with Gasteiger partial charge in [0, 0.05) is 34.6 Å². The van der Waals surface area contributed by atoms with Crippen molar-refractivity contribution in [3.05, 3.63) is 33.8 Å². The predicted molar refractivity (Wildman–Crippen MR) is 81.1 cm³/mol. The number of halogens is 2. The molecule has 19 heavy (non-hydrogen) atoms. The van der Waals surface area contributed by atoms with Gasteiger partial charge in [-0.1, -0.05) is 29.3 Å². The highest BCUT2D eigenvalue weighted by molar-refractivity contribution is 7.98. The monoisotopic (exact) mass is 322 g/mol. The summed E-state index contributed by atoms with van der Waals surface area (Å²) in [6.07, 6.45) is 0. The summed E-state index contributed by atoms with van der Waals surface area (Å²) in [4.78, 5) is 11.1. The molecule has 0 unspecified atom stereocenters. The molecule has 0 bridgehead atoms. The molecule has 0 saturated carbocycles. The highest BCUT2D eigenvalue weighted by Gasteiger charge is 2.02. The van der Waals surface area contributed by atoms with Crippen LogP contribution in [0, 0.1) is 0 Å². The Balaban J connectivity index is 2.15. The second-order valence-electron chi connectivity index (χ2n) is 3.69. The quantitative estimate of drug-likeness (QED) is 0.676. The van der Waals surface area contributed by atoms with Gasteiger partial charge in [-0.2, -0.15) is 11.8 Å². The van der Waals surface area contributed by atoms with E-state index in [4.69, 9.17) is 28.3 Å². The smallest absolute Gasteiger partial charge is 0.314 e. The summed E-state index contributed by atoms with van der Waals surface area (Å²) in [6, 6.07) is 5.17. The number of hydrogen-bond acceptors (Lipinski definition) is 3. The fourth-order valence-electron chi connectivity index (χ4n) is 1.29. The minimum atomic E-state index is -0.265. The third-order valence-corrected chi connectivity index (χ3v) is 3.80. The number of aliphatic hydroxyl groups excluding tert-OH is 1. The zero-order valence-corrected chi connectivity index (χ0v) is 12.6. The molecule has 4 nitrogen and oxygen atoms in total. The van der Waals surface area contributed by atoms with Gasteiger partial charge in [0.2, 0.25) is 0 Å². The molecule has 7 heteroatoms. The van der Waals surface area contributed by atoms with Gasteiger partial charge in [-0.15, -0.1) is 0 Å². The van der Waals surface area contributed by atoms with Crippen LogP contribution < -0.4 is 10.6 Å². The number of hydrogen-bond donors (Lipinski definition) is 3. The normalized spacial score (nSPS) is 10.3. The van der Waals surface area contributed by atoms with E-state index in [1.165, 1.54) is 0 Å². The Labute approximate surface area is 126 Å². The SMILES string of the molecule is O=C(NCCO)NCCSCc1ccc(Cl)cc1Cl. The molecule has 1 aromatic carbocycles. The van der Waals surface area contributed by atoms with Crippen LogP contribution in [0.15, 0.2) is 18.2 Å². The van der Waals surface area contributed by atoms with E-state index in [0.29, 0.717) is 16.6 Å². The number of nitrogens with one attached hydrogen (secondary N) is 2. The molecule has 1 aromatic rings. The first-order valence-electron chi connectivity index (χ1n) is 5.77. The number of carbonyl (C=O) groups excluding carboxylic acids is 1. The van der Waals surface area contributed by atoms with Crippen molar-refractivity contribution in [1.29, 1.82) is 0 Å². The molecule has 0 atom stereocenters. The van der Waals surface area contributed by atoms with Gasteiger partial charge in [-0.05, 0) is 17.7 Å². The molecule has 0 radical (unpaired) electrons. The molecule has 0 aliphatic heterocycles. The summed E-state index contributed by atoms with van der Waals surface area (Å²) in [7, 11) is 0. The summed E-state index contributed by atoms with van der Waals surface area (Å²) in [6.45, 7) is 0.768. The summed E-state index contributed by atoms with van der Waals surface area (Å²) >= 11 is 13.5. The molecule has 0 heterocycles. The molecule has 0 aliphatic carbocycles. The van der Waals surface area contributed by atoms with E-state index in [-0.39, 0.29) is 19.2 Å². The van der Waals surface area contributed by atoms with Crippen molar-refractivity contribution in [3.63, 3.8) is 0 Å². The lowest BCUT2D eigenvalue weighted by atomic mass is 10.2. The van der Waals surface area contributed by atoms with Crippen LogP contribution in [0.3, 0.4) is 0 Å². The van der Waals surface area contributed by atoms with E-state index < -0.39 is 0 Å². The van der Waals surface area contributed by atoms with Crippen molar-refractivity contribution < 1.29 is 9.90 Å². The minimum Gasteiger partial charge on any atom is -0.395 e. The van der Waals surface area contributed by atoms with Gasteiger partial charge in [0.25, 0.3) is 0 Å². The van der Waals surface area contributed by atoms with Crippen molar-refractivity contribution in [2.45, 2.75) is 5.75 Å². The summed E-state index contributed by atoms with van der Waals surface area (Å²) in [5.41, 5.74) is 1.03. The number of amides is 2. The Morgan fingerprint density at radius 3 is 2.68 bits per heavy atom. The lowest BCUT2D eigenvalue weighted by molar-refractivity contribution is 0.235. The molecule has 1 rings (SSSR count). The third kappa shape index (κ3) is 6.92. The fourth-order valence-corrected chi connectivity index (χ4v) is 2.71. The highest BCUT2D eigenvalue weighted by atomic mass is 35.5. The Hall–Kier alpha value is -0.620. The lowest BCUT2D eigenvalue weighted by Gasteiger charge is -2.07. The number of aliphatic hydroxyl groups is 1. The zero-order chi connectivity index (χ0) is 14.1. The average molecular weight is 323 g/mol. The number of urea groups is 1. The first-order chi connectivity index (χ1) is 9.13. The van der Waals surface area contributed by atoms with Gasteiger partial charge in [0.05, 0.1) is 6.61 Å². The molecule has 0 spiro atoms. The number of carbonyl (C=O) groups is 1. The largest absolute Gasteiger partial charge is 0.395 e. The maximum Gasteiger partial charge on any atom is 0.314 e. The molecular weight excluding hydrogens is 307 g/mol. The first kappa shape index (κ1) is 16.4. The summed E-state index contributed by atoms with van der Waals surface area (Å²) in [5, 5.41) is 15.0. The second kappa shape index (κ2) is 9.31. The Morgan fingerprint density at radius 1 is 1.26 bits per heavy atom. The van der Waals surface area contributed by atoms with Gasteiger partial charge in [0.15, 0.2) is 0 Å². The van der Waals surface area contributed by atoms with Gasteiger partial charge in [-0.25, -0.2) is 4.79 Å². The molecule has 3 N–H and O–H groups in total. The predicted octanol–water partition coefficient (Wildman–Crippen LogP) is 2.52. The Kier molecular flexibility index (Phi) is 8.05. The van der Waals surface area contributed by atoms with Crippen LogP contribution in [0.2, 0.25) is 10.0 Å². The molecular formula is C12H16Cl2N2O2S. The Bertz CT molecular complexity index is 419. The Morgan fingerprint density at radius 2 is 2.00 bits per heavy atom. The number of thioether (sulfide) groups is 1. The van der Waals surface area contributed by atoms with Gasteiger partial charge >= 0.3 is 6.03 Å². The average Bonchev–Trinajstić information content (AvgIpc) is 2.38. The lowest BCUT2D eigenvalue weighted by Crippen LogP contribution is -2.38. The minimum absolute atomic E-state index is 0.0583. The van der Waals surface area contributed by atoms with Crippen LogP contribution in [0.25, 0.3) is 0 Å². The zero-order valence-electron chi connectivity index (χ0n) is 10.3. The molecule has 106 valence electrons. The maximum atomic E-state index is 11.1. The standard InChI is InChI=1S/C12H16Cl2N2O2S/c13-10-2-1-9(11(14)7-10)8-19-6-4-16-12(18)15-3-5-17/h1-2,7,17H,3-6,8H2,(H2,15,16,18). The van der Waals surface area contributed by atoms with E-state index in [0.717, 1.165) is 17.1 Å². The third-order valence-electron chi connectivity index (χ3n) is 2.20. The van der Waals surface area contributed by atoms with Crippen molar-refractivity contribution in [2.24, 2.45) is 0 Å². The molecule has 2 amide bonds. The van der Waals surface area contributed by atoms with Crippen LogP contribution >= 0.6 is 35.0 Å². The fraction of sp³-hybridized carbons (Fsp3) is 0.417. The van der Waals surface area contributed by atoms with Gasteiger partial charge < -0.3 is 15.7 Å². The van der Waals surface area contributed by atoms with E-state index in [9.17, 15) is 4.79 Å². The molecule has 0 aliphatic rings. The van der Waals surface area contributed by atoms with Gasteiger partial charge in [0.1, 0.15) is 0 Å². The van der Waals surface area contributed by atoms with Crippen LogP contribution in [0.4, 0.5) is 4.79 Å². The molecule has 0 aromatic heterocycles. The van der Waals surface area contributed by atoms with E-state index in [2.05, 4.69) is 10.6 Å². The first-order valence-corrected chi connectivity index (χ1v) is 7.68. The topological polar surface area (TPSA) is 61.4 Å². The van der Waals surface area contributed by atoms with E-state index >= 15 is 0 Å². The van der Waals surface area contributed by atoms with Crippen molar-refractivity contribution in [3.8, 4) is 0 Å². The summed E-state index contributed by atoms with van der Waals surface area (Å²) in [5.74, 6) is 1.56. The van der Waals surface area contributed by atoms with Crippen LogP contribution in [0.5, 0.6) is 0 Å². The maximum absolute atomic E-state index is 11.1. The highest BCUT2D eigenvalue weighted by Crippen LogP contribution is 2.24. The van der Waals surface area contributed by atoms with Crippen LogP contribution in [-0.2, 0) is 5.75 Å².